The number of benzene rings is 2. The third-order valence-electron chi connectivity index (χ3n) is 5.40. The number of nitro groups is 1. The summed E-state index contributed by atoms with van der Waals surface area (Å²) in [4.78, 5) is 28.2. The second-order valence-electron chi connectivity index (χ2n) is 7.55. The van der Waals surface area contributed by atoms with Crippen LogP contribution in [0.15, 0.2) is 65.5 Å². The van der Waals surface area contributed by atoms with E-state index in [4.69, 9.17) is 0 Å². The second-order valence-corrected chi connectivity index (χ2v) is 7.55. The van der Waals surface area contributed by atoms with E-state index in [-0.39, 0.29) is 11.2 Å². The van der Waals surface area contributed by atoms with E-state index in [0.717, 1.165) is 16.6 Å². The molecule has 0 aliphatic carbocycles. The van der Waals surface area contributed by atoms with Crippen LogP contribution in [-0.2, 0) is 6.54 Å². The number of hydrogen-bond acceptors (Lipinski definition) is 6. The van der Waals surface area contributed by atoms with Crippen LogP contribution >= 0.6 is 0 Å². The summed E-state index contributed by atoms with van der Waals surface area (Å²) in [5.41, 5.74) is 3.81. The molecule has 0 spiro atoms. The van der Waals surface area contributed by atoms with Gasteiger partial charge in [0.2, 0.25) is 0 Å². The minimum atomic E-state index is -0.440. The predicted molar refractivity (Wildman–Crippen MR) is 120 cm³/mol. The fraction of sp³-hybridized carbons (Fsp3) is 0.130. The molecular formula is C23H18N6O3. The molecular weight excluding hydrogens is 408 g/mol. The van der Waals surface area contributed by atoms with Crippen molar-refractivity contribution in [3.8, 4) is 11.3 Å². The molecule has 0 radical (unpaired) electrons. The van der Waals surface area contributed by atoms with Crippen LogP contribution in [0.25, 0.3) is 27.7 Å². The van der Waals surface area contributed by atoms with Crippen LogP contribution in [-0.4, -0.2) is 29.3 Å². The van der Waals surface area contributed by atoms with Crippen molar-refractivity contribution in [1.82, 2.24) is 24.4 Å². The van der Waals surface area contributed by atoms with Gasteiger partial charge in [-0.25, -0.2) is 14.2 Å². The van der Waals surface area contributed by atoms with Crippen molar-refractivity contribution in [3.63, 3.8) is 0 Å². The molecule has 0 saturated heterocycles. The first kappa shape index (κ1) is 19.6. The third kappa shape index (κ3) is 3.20. The Kier molecular flexibility index (Phi) is 4.51. The van der Waals surface area contributed by atoms with E-state index in [9.17, 15) is 14.9 Å². The molecule has 0 amide bonds. The van der Waals surface area contributed by atoms with Crippen molar-refractivity contribution >= 4 is 22.1 Å². The van der Waals surface area contributed by atoms with Crippen molar-refractivity contribution in [1.29, 1.82) is 0 Å². The molecule has 5 rings (SSSR count). The Morgan fingerprint density at radius 1 is 1.00 bits per heavy atom. The highest BCUT2D eigenvalue weighted by Crippen LogP contribution is 2.27. The molecule has 5 aromatic rings. The average molecular weight is 426 g/mol. The fourth-order valence-electron chi connectivity index (χ4n) is 3.86. The van der Waals surface area contributed by atoms with Gasteiger partial charge >= 0.3 is 0 Å². The topological polar surface area (TPSA) is 108 Å². The highest BCUT2D eigenvalue weighted by Gasteiger charge is 2.18. The van der Waals surface area contributed by atoms with Gasteiger partial charge in [-0.05, 0) is 37.6 Å². The second kappa shape index (κ2) is 7.38. The Hall–Kier alpha value is -4.40. The minimum Gasteiger partial charge on any atom is -0.265 e. The lowest BCUT2D eigenvalue weighted by atomic mass is 10.1. The van der Waals surface area contributed by atoms with E-state index in [0.29, 0.717) is 34.7 Å². The lowest BCUT2D eigenvalue weighted by Crippen LogP contribution is -2.26. The van der Waals surface area contributed by atoms with Crippen LogP contribution in [0.2, 0.25) is 0 Å². The zero-order valence-electron chi connectivity index (χ0n) is 17.4. The molecule has 0 aliphatic rings. The van der Waals surface area contributed by atoms with E-state index in [1.54, 1.807) is 23.6 Å². The van der Waals surface area contributed by atoms with Gasteiger partial charge in [0, 0.05) is 17.7 Å². The van der Waals surface area contributed by atoms with E-state index in [1.165, 1.54) is 16.8 Å². The van der Waals surface area contributed by atoms with Crippen molar-refractivity contribution < 1.29 is 4.92 Å². The summed E-state index contributed by atoms with van der Waals surface area (Å²) in [6.07, 6.45) is 0. The molecule has 158 valence electrons. The van der Waals surface area contributed by atoms with Crippen LogP contribution in [0, 0.1) is 24.0 Å². The third-order valence-corrected chi connectivity index (χ3v) is 5.40. The van der Waals surface area contributed by atoms with Gasteiger partial charge in [0.25, 0.3) is 11.2 Å². The quantitative estimate of drug-likeness (QED) is 0.320. The van der Waals surface area contributed by atoms with Crippen molar-refractivity contribution in [2.75, 3.05) is 0 Å². The van der Waals surface area contributed by atoms with Gasteiger partial charge in [-0.2, -0.15) is 10.2 Å². The fourth-order valence-corrected chi connectivity index (χ4v) is 3.86. The Morgan fingerprint density at radius 3 is 2.41 bits per heavy atom. The largest absolute Gasteiger partial charge is 0.293 e. The van der Waals surface area contributed by atoms with E-state index < -0.39 is 4.92 Å². The van der Waals surface area contributed by atoms with Crippen molar-refractivity contribution in [3.05, 3.63) is 98.2 Å². The molecule has 0 atom stereocenters. The normalized spacial score (nSPS) is 11.3. The zero-order chi connectivity index (χ0) is 22.4. The van der Waals surface area contributed by atoms with Gasteiger partial charge in [-0.15, -0.1) is 0 Å². The van der Waals surface area contributed by atoms with Crippen LogP contribution < -0.4 is 5.56 Å². The van der Waals surface area contributed by atoms with Crippen LogP contribution in [0.4, 0.5) is 5.69 Å². The summed E-state index contributed by atoms with van der Waals surface area (Å²) < 4.78 is 3.11. The van der Waals surface area contributed by atoms with Crippen LogP contribution in [0.5, 0.6) is 0 Å². The molecule has 9 nitrogen and oxygen atoms in total. The van der Waals surface area contributed by atoms with Gasteiger partial charge in [0.15, 0.2) is 0 Å². The molecule has 0 aliphatic heterocycles. The molecule has 0 bridgehead atoms. The first-order chi connectivity index (χ1) is 15.4. The zero-order valence-corrected chi connectivity index (χ0v) is 17.4. The van der Waals surface area contributed by atoms with Crippen LogP contribution in [0.1, 0.15) is 17.1 Å². The highest BCUT2D eigenvalue weighted by atomic mass is 16.6. The summed E-state index contributed by atoms with van der Waals surface area (Å²) in [7, 11) is 0. The number of nitro benzene ring substituents is 1. The molecule has 3 heterocycles. The van der Waals surface area contributed by atoms with E-state index in [1.807, 2.05) is 43.3 Å². The van der Waals surface area contributed by atoms with Gasteiger partial charge < -0.3 is 0 Å². The molecule has 32 heavy (non-hydrogen) atoms. The summed E-state index contributed by atoms with van der Waals surface area (Å²) in [5, 5.41) is 20.7. The maximum atomic E-state index is 13.2. The molecule has 0 N–H and O–H groups in total. The number of non-ortho nitro benzene ring substituents is 1. The van der Waals surface area contributed by atoms with Gasteiger partial charge in [0.1, 0.15) is 11.3 Å². The molecule has 0 unspecified atom stereocenters. The summed E-state index contributed by atoms with van der Waals surface area (Å²) in [6.45, 7) is 3.99. The van der Waals surface area contributed by atoms with Crippen molar-refractivity contribution in [2.24, 2.45) is 0 Å². The number of hydrogen-bond donors (Lipinski definition) is 0. The molecule has 0 saturated carbocycles. The van der Waals surface area contributed by atoms with Crippen LogP contribution in [0.3, 0.4) is 0 Å². The van der Waals surface area contributed by atoms with Gasteiger partial charge in [-0.1, -0.05) is 30.3 Å². The maximum Gasteiger partial charge on any atom is 0.293 e. The van der Waals surface area contributed by atoms with Crippen molar-refractivity contribution in [2.45, 2.75) is 20.4 Å². The Labute approximate surface area is 181 Å². The smallest absolute Gasteiger partial charge is 0.265 e. The maximum absolute atomic E-state index is 13.2. The Balaban J connectivity index is 1.68. The number of aromatic nitrogens is 5. The first-order valence-electron chi connectivity index (χ1n) is 9.99. The summed E-state index contributed by atoms with van der Waals surface area (Å²) in [6, 6.07) is 17.7. The van der Waals surface area contributed by atoms with Gasteiger partial charge in [-0.3, -0.25) is 14.9 Å². The number of nitrogens with zero attached hydrogens (tertiary/aromatic N) is 6. The lowest BCUT2D eigenvalue weighted by molar-refractivity contribution is -0.384. The van der Waals surface area contributed by atoms with E-state index in [2.05, 4.69) is 15.2 Å². The predicted octanol–water partition coefficient (Wildman–Crippen LogP) is 3.68. The molecule has 9 heteroatoms. The number of rotatable bonds is 4. The molecule has 0 fully saturated rings. The van der Waals surface area contributed by atoms with Gasteiger partial charge in [0.05, 0.1) is 33.8 Å². The monoisotopic (exact) mass is 426 g/mol. The Morgan fingerprint density at radius 2 is 1.72 bits per heavy atom. The minimum absolute atomic E-state index is 0.0137. The molecule has 3 aromatic heterocycles. The first-order valence-corrected chi connectivity index (χ1v) is 9.99. The molecule has 2 aromatic carbocycles. The van der Waals surface area contributed by atoms with E-state index >= 15 is 0 Å². The number of aryl methyl sites for hydroxylation is 2. The SMILES string of the molecule is Cc1nn(Cc2ccccc2)c(=O)c2nc(C)n3nc(-c4ccc([N+](=O)[O-])cc4)cc3c12. The summed E-state index contributed by atoms with van der Waals surface area (Å²) in [5.74, 6) is 0.564. The average Bonchev–Trinajstić information content (AvgIpc) is 3.24. The lowest BCUT2D eigenvalue weighted by Gasteiger charge is -2.10. The standard InChI is InChI=1S/C23H18N6O3/c1-14-21-20-12-19(17-8-10-18(11-9-17)29(31)32)26-28(20)15(2)24-22(21)23(30)27(25-14)13-16-6-4-3-5-7-16/h3-12H,13H2,1-2H3. The number of fused-ring (bicyclic) bond motifs is 3. The Bertz CT molecular complexity index is 1550. The highest BCUT2D eigenvalue weighted by molar-refractivity contribution is 5.96. The summed E-state index contributed by atoms with van der Waals surface area (Å²) >= 11 is 0.